The van der Waals surface area contributed by atoms with E-state index in [4.69, 9.17) is 14.2 Å². The van der Waals surface area contributed by atoms with Crippen LogP contribution < -0.4 is 0 Å². The third kappa shape index (κ3) is 2.62. The van der Waals surface area contributed by atoms with Crippen molar-refractivity contribution in [2.24, 2.45) is 0 Å². The molecule has 2 aliphatic heterocycles. The van der Waals surface area contributed by atoms with E-state index in [1.807, 2.05) is 0 Å². The highest BCUT2D eigenvalue weighted by Crippen LogP contribution is 2.43. The Morgan fingerprint density at radius 2 is 2.10 bits per heavy atom. The van der Waals surface area contributed by atoms with E-state index in [1.165, 1.54) is 4.90 Å². The van der Waals surface area contributed by atoms with Gasteiger partial charge < -0.3 is 19.0 Å². The van der Waals surface area contributed by atoms with Crippen molar-refractivity contribution in [3.63, 3.8) is 0 Å². The first-order valence-electron chi connectivity index (χ1n) is 7.03. The molecule has 2 fully saturated rings. The molecule has 118 valence electrons. The third-order valence-corrected chi connectivity index (χ3v) is 3.58. The first kappa shape index (κ1) is 15.8. The summed E-state index contributed by atoms with van der Waals surface area (Å²) in [7, 11) is 0. The zero-order chi connectivity index (χ0) is 15.8. The predicted octanol–water partition coefficient (Wildman–Crippen LogP) is 0.895. The number of hydrogen-bond acceptors (Lipinski definition) is 6. The molecule has 7 heteroatoms. The predicted molar refractivity (Wildman–Crippen MR) is 71.6 cm³/mol. The lowest BCUT2D eigenvalue weighted by Gasteiger charge is -2.39. The average Bonchev–Trinajstić information content (AvgIpc) is 2.92. The Bertz CT molecular complexity index is 457. The van der Waals surface area contributed by atoms with Gasteiger partial charge in [0.25, 0.3) is 0 Å². The normalized spacial score (nSPS) is 31.1. The molecule has 21 heavy (non-hydrogen) atoms. The van der Waals surface area contributed by atoms with Crippen LogP contribution in [0.25, 0.3) is 0 Å². The zero-order valence-electron chi connectivity index (χ0n) is 12.8. The molecule has 0 spiro atoms. The molecule has 0 saturated carbocycles. The molecule has 3 atom stereocenters. The molecule has 2 saturated heterocycles. The minimum Gasteiger partial charge on any atom is -0.464 e. The van der Waals surface area contributed by atoms with Gasteiger partial charge in [-0.25, -0.2) is 9.59 Å². The number of aldehydes is 1. The summed E-state index contributed by atoms with van der Waals surface area (Å²) in [6.07, 6.45) is -1.18. The van der Waals surface area contributed by atoms with Gasteiger partial charge in [-0.2, -0.15) is 0 Å². The van der Waals surface area contributed by atoms with E-state index in [2.05, 4.69) is 0 Å². The van der Waals surface area contributed by atoms with E-state index in [-0.39, 0.29) is 25.7 Å². The van der Waals surface area contributed by atoms with E-state index in [0.29, 0.717) is 6.29 Å². The van der Waals surface area contributed by atoms with E-state index in [1.54, 1.807) is 27.7 Å². The lowest BCUT2D eigenvalue weighted by Crippen LogP contribution is -2.63. The fourth-order valence-electron chi connectivity index (χ4n) is 2.83. The van der Waals surface area contributed by atoms with E-state index < -0.39 is 29.3 Å². The average molecular weight is 299 g/mol. The van der Waals surface area contributed by atoms with Crippen LogP contribution in [0.1, 0.15) is 34.1 Å². The Hall–Kier alpha value is -1.63. The van der Waals surface area contributed by atoms with Crippen LogP contribution in [0.3, 0.4) is 0 Å². The molecule has 7 nitrogen and oxygen atoms in total. The molecule has 1 amide bonds. The molecule has 0 N–H and O–H groups in total. The van der Waals surface area contributed by atoms with Crippen molar-refractivity contribution in [2.45, 2.75) is 57.5 Å². The Labute approximate surface area is 123 Å². The van der Waals surface area contributed by atoms with Crippen molar-refractivity contribution in [3.05, 3.63) is 0 Å². The van der Waals surface area contributed by atoms with E-state index >= 15 is 0 Å². The number of hydrogen-bond donors (Lipinski definition) is 0. The van der Waals surface area contributed by atoms with Gasteiger partial charge in [0.2, 0.25) is 0 Å². The summed E-state index contributed by atoms with van der Waals surface area (Å²) in [5.74, 6) is -0.618. The molecule has 2 bridgehead atoms. The van der Waals surface area contributed by atoms with Gasteiger partial charge >= 0.3 is 12.1 Å². The van der Waals surface area contributed by atoms with Gasteiger partial charge in [0.15, 0.2) is 11.8 Å². The standard InChI is InChI=1S/C14H21NO6/c1-5-19-11(17)14-6-9(20-10(14)8-16)7-15(14)12(18)21-13(2,3)4/h8-10H,5-7H2,1-4H3/t9-,10?,14+/m0/s1. The number of ether oxygens (including phenoxy) is 3. The minimum absolute atomic E-state index is 0.166. The number of fused-ring (bicyclic) bond motifs is 2. The maximum atomic E-state index is 12.4. The Balaban J connectivity index is 2.30. The summed E-state index contributed by atoms with van der Waals surface area (Å²) in [5, 5.41) is 0. The fourth-order valence-corrected chi connectivity index (χ4v) is 2.83. The van der Waals surface area contributed by atoms with Crippen molar-refractivity contribution >= 4 is 18.3 Å². The topological polar surface area (TPSA) is 82.1 Å². The molecule has 2 aliphatic rings. The molecular formula is C14H21NO6. The molecule has 0 aromatic rings. The van der Waals surface area contributed by atoms with Crippen LogP contribution in [0.5, 0.6) is 0 Å². The van der Waals surface area contributed by atoms with Crippen molar-refractivity contribution in [1.29, 1.82) is 0 Å². The van der Waals surface area contributed by atoms with Gasteiger partial charge in [0, 0.05) is 6.42 Å². The molecule has 0 aromatic carbocycles. The number of likely N-dealkylation sites (tertiary alicyclic amines) is 1. The quantitative estimate of drug-likeness (QED) is 0.569. The summed E-state index contributed by atoms with van der Waals surface area (Å²) in [6, 6.07) is 0. The highest BCUT2D eigenvalue weighted by molar-refractivity contribution is 5.92. The molecule has 0 aromatic heterocycles. The van der Waals surface area contributed by atoms with Crippen molar-refractivity contribution in [1.82, 2.24) is 4.90 Å². The van der Waals surface area contributed by atoms with Crippen LogP contribution in [-0.4, -0.2) is 59.7 Å². The van der Waals surface area contributed by atoms with Gasteiger partial charge in [-0.15, -0.1) is 0 Å². The van der Waals surface area contributed by atoms with Crippen LogP contribution in [0, 0.1) is 0 Å². The smallest absolute Gasteiger partial charge is 0.411 e. The minimum atomic E-state index is -1.40. The van der Waals surface area contributed by atoms with Crippen LogP contribution in [0.2, 0.25) is 0 Å². The largest absolute Gasteiger partial charge is 0.464 e. The van der Waals surface area contributed by atoms with Crippen LogP contribution in [-0.2, 0) is 23.8 Å². The summed E-state index contributed by atoms with van der Waals surface area (Å²) < 4.78 is 15.9. The lowest BCUT2D eigenvalue weighted by atomic mass is 9.92. The number of rotatable bonds is 3. The first-order valence-corrected chi connectivity index (χ1v) is 7.03. The molecular weight excluding hydrogens is 278 g/mol. The number of carbonyl (C=O) groups is 3. The number of morpholine rings is 1. The maximum Gasteiger partial charge on any atom is 0.411 e. The van der Waals surface area contributed by atoms with Crippen molar-refractivity contribution in [3.8, 4) is 0 Å². The summed E-state index contributed by atoms with van der Waals surface area (Å²) in [4.78, 5) is 37.2. The molecule has 2 rings (SSSR count). The van der Waals surface area contributed by atoms with Gasteiger partial charge in [0.05, 0.1) is 19.3 Å². The highest BCUT2D eigenvalue weighted by Gasteiger charge is 2.66. The van der Waals surface area contributed by atoms with Crippen LogP contribution >= 0.6 is 0 Å². The van der Waals surface area contributed by atoms with Crippen molar-refractivity contribution < 1.29 is 28.6 Å². The van der Waals surface area contributed by atoms with Gasteiger partial charge in [-0.1, -0.05) is 0 Å². The number of nitrogens with zero attached hydrogens (tertiary/aromatic N) is 1. The summed E-state index contributed by atoms with van der Waals surface area (Å²) >= 11 is 0. The Morgan fingerprint density at radius 3 is 2.62 bits per heavy atom. The first-order chi connectivity index (χ1) is 9.74. The van der Waals surface area contributed by atoms with Gasteiger partial charge in [0.1, 0.15) is 11.7 Å². The molecule has 0 aliphatic carbocycles. The van der Waals surface area contributed by atoms with E-state index in [9.17, 15) is 14.4 Å². The lowest BCUT2D eigenvalue weighted by molar-refractivity contribution is -0.166. The molecule has 0 radical (unpaired) electrons. The third-order valence-electron chi connectivity index (χ3n) is 3.58. The Morgan fingerprint density at radius 1 is 1.43 bits per heavy atom. The molecule has 1 unspecified atom stereocenters. The zero-order valence-corrected chi connectivity index (χ0v) is 12.8. The number of amides is 1. The van der Waals surface area contributed by atoms with Gasteiger partial charge in [-0.3, -0.25) is 4.90 Å². The van der Waals surface area contributed by atoms with Crippen LogP contribution in [0.4, 0.5) is 4.79 Å². The second kappa shape index (κ2) is 5.29. The SMILES string of the molecule is CCOC(=O)[C@]12C[C@@H](CN1C(=O)OC(C)(C)C)OC2C=O. The summed E-state index contributed by atoms with van der Waals surface area (Å²) in [6.45, 7) is 7.28. The second-order valence-electron chi connectivity index (χ2n) is 6.25. The van der Waals surface area contributed by atoms with E-state index in [0.717, 1.165) is 0 Å². The summed E-state index contributed by atoms with van der Waals surface area (Å²) in [5.41, 5.74) is -2.09. The number of carbonyl (C=O) groups excluding carboxylic acids is 3. The van der Waals surface area contributed by atoms with Crippen LogP contribution in [0.15, 0.2) is 0 Å². The number of esters is 1. The monoisotopic (exact) mass is 299 g/mol. The second-order valence-corrected chi connectivity index (χ2v) is 6.25. The maximum absolute atomic E-state index is 12.4. The van der Waals surface area contributed by atoms with Crippen molar-refractivity contribution in [2.75, 3.05) is 13.2 Å². The van der Waals surface area contributed by atoms with Gasteiger partial charge in [-0.05, 0) is 27.7 Å². The highest BCUT2D eigenvalue weighted by atomic mass is 16.6. The fraction of sp³-hybridized carbons (Fsp3) is 0.786. The molecule has 2 heterocycles. The Kier molecular flexibility index (Phi) is 3.97.